The highest BCUT2D eigenvalue weighted by atomic mass is 35.5. The lowest BCUT2D eigenvalue weighted by molar-refractivity contribution is -0.143. The predicted octanol–water partition coefficient (Wildman–Crippen LogP) is 4.30. The minimum Gasteiger partial charge on any atom is -0.337 e. The first-order valence-electron chi connectivity index (χ1n) is 8.62. The Morgan fingerprint density at radius 2 is 1.77 bits per heavy atom. The molecule has 1 aliphatic carbocycles. The molecule has 6 heteroatoms. The molecule has 0 atom stereocenters. The van der Waals surface area contributed by atoms with Crippen LogP contribution in [0.3, 0.4) is 0 Å². The summed E-state index contributed by atoms with van der Waals surface area (Å²) in [4.78, 5) is 27.7. The molecule has 0 saturated heterocycles. The molecule has 134 valence electrons. The number of hydrogen-bond donors (Lipinski definition) is 1. The minimum atomic E-state index is -0.963. The Hall–Kier alpha value is -2.04. The van der Waals surface area contributed by atoms with Crippen LogP contribution in [-0.2, 0) is 22.6 Å². The lowest BCUT2D eigenvalue weighted by Crippen LogP contribution is -2.45. The molecule has 1 heterocycles. The van der Waals surface area contributed by atoms with Crippen molar-refractivity contribution < 1.29 is 9.59 Å². The van der Waals surface area contributed by atoms with E-state index in [9.17, 15) is 9.59 Å². The van der Waals surface area contributed by atoms with Crippen LogP contribution in [0.15, 0.2) is 42.5 Å². The van der Waals surface area contributed by atoms with Crippen LogP contribution in [0.2, 0.25) is 10.0 Å². The number of nitrogens with one attached hydrogen (secondary N) is 1. The first-order valence-corrected chi connectivity index (χ1v) is 9.38. The average Bonchev–Trinajstić information content (AvgIpc) is 3.45. The number of benzene rings is 2. The van der Waals surface area contributed by atoms with Gasteiger partial charge < -0.3 is 10.2 Å². The maximum absolute atomic E-state index is 13.1. The van der Waals surface area contributed by atoms with Gasteiger partial charge in [-0.05, 0) is 48.6 Å². The Bertz CT molecular complexity index is 893. The van der Waals surface area contributed by atoms with E-state index in [0.717, 1.165) is 12.0 Å². The Morgan fingerprint density at radius 1 is 1.04 bits per heavy atom. The van der Waals surface area contributed by atoms with Crippen LogP contribution in [-0.4, -0.2) is 23.3 Å². The highest BCUT2D eigenvalue weighted by Gasteiger charge is 2.58. The minimum absolute atomic E-state index is 0.0883. The van der Waals surface area contributed by atoms with Gasteiger partial charge in [0.2, 0.25) is 11.8 Å². The van der Waals surface area contributed by atoms with Crippen molar-refractivity contribution in [2.75, 3.05) is 11.9 Å². The predicted molar refractivity (Wildman–Crippen MR) is 102 cm³/mol. The smallest absolute Gasteiger partial charge is 0.240 e. The highest BCUT2D eigenvalue weighted by molar-refractivity contribution is 6.36. The molecule has 0 unspecified atom stereocenters. The SMILES string of the molecule is O=C(Nc1ccc(Cl)cc1Cl)C1(C(=O)N2CCc3ccccc3C2)CC1. The van der Waals surface area contributed by atoms with Crippen LogP contribution >= 0.6 is 23.2 Å². The van der Waals surface area contributed by atoms with Crippen molar-refractivity contribution in [3.8, 4) is 0 Å². The Balaban J connectivity index is 1.50. The summed E-state index contributed by atoms with van der Waals surface area (Å²) in [5.41, 5.74) is 1.95. The number of amides is 2. The second-order valence-electron chi connectivity index (χ2n) is 6.91. The van der Waals surface area contributed by atoms with Gasteiger partial charge in [0.15, 0.2) is 0 Å². The molecule has 1 N–H and O–H groups in total. The molecule has 0 bridgehead atoms. The van der Waals surface area contributed by atoms with E-state index < -0.39 is 5.41 Å². The van der Waals surface area contributed by atoms with Gasteiger partial charge in [0, 0.05) is 18.1 Å². The largest absolute Gasteiger partial charge is 0.337 e. The van der Waals surface area contributed by atoms with E-state index >= 15 is 0 Å². The maximum atomic E-state index is 13.1. The van der Waals surface area contributed by atoms with Crippen molar-refractivity contribution in [2.45, 2.75) is 25.8 Å². The van der Waals surface area contributed by atoms with Gasteiger partial charge in [0.05, 0.1) is 10.7 Å². The molecule has 0 radical (unpaired) electrons. The Labute approximate surface area is 162 Å². The summed E-state index contributed by atoms with van der Waals surface area (Å²) in [5, 5.41) is 3.66. The molecule has 1 saturated carbocycles. The molecule has 26 heavy (non-hydrogen) atoms. The van der Waals surface area contributed by atoms with E-state index in [1.165, 1.54) is 5.56 Å². The molecular weight excluding hydrogens is 371 g/mol. The zero-order chi connectivity index (χ0) is 18.3. The number of hydrogen-bond acceptors (Lipinski definition) is 2. The molecule has 0 spiro atoms. The molecule has 1 aliphatic heterocycles. The summed E-state index contributed by atoms with van der Waals surface area (Å²) in [7, 11) is 0. The maximum Gasteiger partial charge on any atom is 0.240 e. The van der Waals surface area contributed by atoms with Crippen LogP contribution in [0.25, 0.3) is 0 Å². The summed E-state index contributed by atoms with van der Waals surface area (Å²) in [5.74, 6) is -0.375. The summed E-state index contributed by atoms with van der Waals surface area (Å²) in [6.45, 7) is 1.21. The summed E-state index contributed by atoms with van der Waals surface area (Å²) < 4.78 is 0. The third-order valence-corrected chi connectivity index (χ3v) is 5.74. The fraction of sp³-hybridized carbons (Fsp3) is 0.300. The van der Waals surface area contributed by atoms with Crippen molar-refractivity contribution >= 4 is 40.7 Å². The monoisotopic (exact) mass is 388 g/mol. The number of rotatable bonds is 3. The van der Waals surface area contributed by atoms with Crippen molar-refractivity contribution in [3.63, 3.8) is 0 Å². The molecule has 2 amide bonds. The summed E-state index contributed by atoms with van der Waals surface area (Å²) in [6, 6.07) is 13.0. The zero-order valence-corrected chi connectivity index (χ0v) is 15.6. The first-order chi connectivity index (χ1) is 12.5. The normalized spacial score (nSPS) is 17.4. The average molecular weight is 389 g/mol. The molecule has 4 rings (SSSR count). The number of nitrogens with zero attached hydrogens (tertiary/aromatic N) is 1. The summed E-state index contributed by atoms with van der Waals surface area (Å²) in [6.07, 6.45) is 1.96. The number of carbonyl (C=O) groups is 2. The lowest BCUT2D eigenvalue weighted by atomic mass is 9.97. The second kappa shape index (κ2) is 6.60. The van der Waals surface area contributed by atoms with Gasteiger partial charge in [-0.25, -0.2) is 0 Å². The number of halogens is 2. The first kappa shape index (κ1) is 17.4. The summed E-state index contributed by atoms with van der Waals surface area (Å²) >= 11 is 12.0. The molecule has 2 aromatic carbocycles. The van der Waals surface area contributed by atoms with Gasteiger partial charge >= 0.3 is 0 Å². The number of carbonyl (C=O) groups excluding carboxylic acids is 2. The molecular formula is C20H18Cl2N2O2. The van der Waals surface area contributed by atoms with E-state index in [1.54, 1.807) is 23.1 Å². The third-order valence-electron chi connectivity index (χ3n) is 5.19. The van der Waals surface area contributed by atoms with Crippen LogP contribution in [0.4, 0.5) is 5.69 Å². The zero-order valence-electron chi connectivity index (χ0n) is 14.1. The van der Waals surface area contributed by atoms with E-state index in [4.69, 9.17) is 23.2 Å². The Kier molecular flexibility index (Phi) is 4.41. The van der Waals surface area contributed by atoms with Crippen LogP contribution in [0, 0.1) is 5.41 Å². The molecule has 2 aliphatic rings. The van der Waals surface area contributed by atoms with Crippen LogP contribution in [0.5, 0.6) is 0 Å². The molecule has 4 nitrogen and oxygen atoms in total. The van der Waals surface area contributed by atoms with Gasteiger partial charge in [-0.3, -0.25) is 9.59 Å². The number of fused-ring (bicyclic) bond motifs is 1. The fourth-order valence-electron chi connectivity index (χ4n) is 3.47. The van der Waals surface area contributed by atoms with E-state index in [-0.39, 0.29) is 11.8 Å². The van der Waals surface area contributed by atoms with E-state index in [0.29, 0.717) is 41.7 Å². The number of anilines is 1. The van der Waals surface area contributed by atoms with E-state index in [1.807, 2.05) is 18.2 Å². The van der Waals surface area contributed by atoms with Gasteiger partial charge in [-0.2, -0.15) is 0 Å². The van der Waals surface area contributed by atoms with Crippen LogP contribution < -0.4 is 5.32 Å². The van der Waals surface area contributed by atoms with Gasteiger partial charge in [-0.1, -0.05) is 47.5 Å². The topological polar surface area (TPSA) is 49.4 Å². The standard InChI is InChI=1S/C20H18Cl2N2O2/c21-15-5-6-17(16(22)11-15)23-18(25)20(8-9-20)19(26)24-10-7-13-3-1-2-4-14(13)12-24/h1-6,11H,7-10,12H2,(H,23,25). The molecule has 0 aromatic heterocycles. The van der Waals surface area contributed by atoms with E-state index in [2.05, 4.69) is 11.4 Å². The highest BCUT2D eigenvalue weighted by Crippen LogP contribution is 2.49. The van der Waals surface area contributed by atoms with Crippen molar-refractivity contribution in [1.82, 2.24) is 4.90 Å². The van der Waals surface area contributed by atoms with Crippen LogP contribution in [0.1, 0.15) is 24.0 Å². The second-order valence-corrected chi connectivity index (χ2v) is 7.75. The van der Waals surface area contributed by atoms with Crippen molar-refractivity contribution in [1.29, 1.82) is 0 Å². The van der Waals surface area contributed by atoms with Gasteiger partial charge in [-0.15, -0.1) is 0 Å². The van der Waals surface area contributed by atoms with Crippen molar-refractivity contribution in [2.24, 2.45) is 5.41 Å². The van der Waals surface area contributed by atoms with Gasteiger partial charge in [0.1, 0.15) is 5.41 Å². The van der Waals surface area contributed by atoms with Gasteiger partial charge in [0.25, 0.3) is 0 Å². The fourth-order valence-corrected chi connectivity index (χ4v) is 3.92. The molecule has 2 aromatic rings. The Morgan fingerprint density at radius 3 is 2.46 bits per heavy atom. The molecule has 1 fully saturated rings. The third kappa shape index (κ3) is 3.08. The lowest BCUT2D eigenvalue weighted by Gasteiger charge is -2.31. The quantitative estimate of drug-likeness (QED) is 0.796. The van der Waals surface area contributed by atoms with Crippen molar-refractivity contribution in [3.05, 3.63) is 63.6 Å².